The van der Waals surface area contributed by atoms with Gasteiger partial charge in [-0.2, -0.15) is 0 Å². The minimum absolute atomic E-state index is 0.0140. The van der Waals surface area contributed by atoms with E-state index in [1.807, 2.05) is 0 Å². The molecule has 0 amide bonds. The fourth-order valence-corrected chi connectivity index (χ4v) is 4.44. The SMILES string of the molecule is CC(=O)Oc1cc(C(=O)OC2Cc3c(O)cc(O)cc3OC2c2cc(OC(C)=O)c(O)c(OC(C)=O)c2)cc(OC(C)=O)c1O. The quantitative estimate of drug-likeness (QED) is 0.218. The van der Waals surface area contributed by atoms with E-state index in [0.29, 0.717) is 0 Å². The molecule has 0 saturated heterocycles. The molecule has 4 N–H and O–H groups in total. The molecule has 1 aliphatic rings. The number of phenolic OH excluding ortho intramolecular Hbond substituents is 4. The maximum atomic E-state index is 13.5. The number of phenols is 4. The van der Waals surface area contributed by atoms with Crippen molar-refractivity contribution < 1.29 is 72.8 Å². The predicted octanol–water partition coefficient (Wildman–Crippen LogP) is 3.11. The first-order valence-corrected chi connectivity index (χ1v) is 13.0. The van der Waals surface area contributed by atoms with E-state index in [1.165, 1.54) is 18.2 Å². The lowest BCUT2D eigenvalue weighted by atomic mass is 9.93. The standard InChI is InChI=1S/C30H26O15/c1-12(31)40-22-5-16(6-23(27(22)37)41-13(2)32)29-26(11-19-20(36)9-18(35)10-21(19)44-29)45-30(39)17-7-24(42-14(3)33)28(38)25(8-17)43-15(4)34/h5-10,26,29,35-38H,11H2,1-4H3. The van der Waals surface area contributed by atoms with Crippen LogP contribution in [0.5, 0.6) is 51.7 Å². The van der Waals surface area contributed by atoms with E-state index >= 15 is 0 Å². The van der Waals surface area contributed by atoms with E-state index in [4.69, 9.17) is 28.4 Å². The molecule has 2 atom stereocenters. The molecule has 1 heterocycles. The number of carbonyl (C=O) groups excluding carboxylic acids is 5. The largest absolute Gasteiger partial charge is 0.508 e. The van der Waals surface area contributed by atoms with Crippen molar-refractivity contribution in [2.75, 3.05) is 0 Å². The summed E-state index contributed by atoms with van der Waals surface area (Å²) in [5.41, 5.74) is -0.155. The predicted molar refractivity (Wildman–Crippen MR) is 147 cm³/mol. The molecule has 3 aromatic rings. The number of esters is 5. The summed E-state index contributed by atoms with van der Waals surface area (Å²) in [6, 6.07) is 6.49. The zero-order valence-corrected chi connectivity index (χ0v) is 24.1. The first-order chi connectivity index (χ1) is 21.1. The molecular weight excluding hydrogens is 600 g/mol. The van der Waals surface area contributed by atoms with Crippen molar-refractivity contribution in [3.05, 3.63) is 53.1 Å². The van der Waals surface area contributed by atoms with Gasteiger partial charge in [0.05, 0.1) is 5.56 Å². The van der Waals surface area contributed by atoms with E-state index in [0.717, 1.165) is 45.9 Å². The highest BCUT2D eigenvalue weighted by Crippen LogP contribution is 2.47. The third-order valence-electron chi connectivity index (χ3n) is 6.11. The lowest BCUT2D eigenvalue weighted by Crippen LogP contribution is -2.35. The average Bonchev–Trinajstić information content (AvgIpc) is 2.91. The minimum atomic E-state index is -1.32. The van der Waals surface area contributed by atoms with Gasteiger partial charge in [0.15, 0.2) is 29.1 Å². The van der Waals surface area contributed by atoms with Gasteiger partial charge in [0.2, 0.25) is 11.5 Å². The van der Waals surface area contributed by atoms with Gasteiger partial charge in [-0.25, -0.2) is 4.79 Å². The summed E-state index contributed by atoms with van der Waals surface area (Å²) >= 11 is 0. The minimum Gasteiger partial charge on any atom is -0.508 e. The van der Waals surface area contributed by atoms with Crippen LogP contribution in [0.3, 0.4) is 0 Å². The zero-order chi connectivity index (χ0) is 33.2. The Hall–Kier alpha value is -5.99. The van der Waals surface area contributed by atoms with Crippen LogP contribution in [0.2, 0.25) is 0 Å². The van der Waals surface area contributed by atoms with Crippen LogP contribution in [0.15, 0.2) is 36.4 Å². The summed E-state index contributed by atoms with van der Waals surface area (Å²) in [5, 5.41) is 41.5. The topological polar surface area (TPSA) is 222 Å². The number of carbonyl (C=O) groups is 5. The van der Waals surface area contributed by atoms with Gasteiger partial charge in [0.1, 0.15) is 23.4 Å². The molecule has 0 aromatic heterocycles. The summed E-state index contributed by atoms with van der Waals surface area (Å²) in [6.45, 7) is 4.20. The molecule has 236 valence electrons. The molecule has 0 fully saturated rings. The van der Waals surface area contributed by atoms with Gasteiger partial charge in [0, 0.05) is 57.4 Å². The molecule has 2 unspecified atom stereocenters. The van der Waals surface area contributed by atoms with Crippen molar-refractivity contribution in [1.29, 1.82) is 0 Å². The van der Waals surface area contributed by atoms with Crippen LogP contribution in [0, 0.1) is 0 Å². The van der Waals surface area contributed by atoms with Gasteiger partial charge in [-0.05, 0) is 24.3 Å². The zero-order valence-electron chi connectivity index (χ0n) is 24.1. The Morgan fingerprint density at radius 1 is 0.667 bits per heavy atom. The smallest absolute Gasteiger partial charge is 0.338 e. The normalized spacial score (nSPS) is 15.1. The summed E-state index contributed by atoms with van der Waals surface area (Å²) < 4.78 is 31.8. The highest BCUT2D eigenvalue weighted by molar-refractivity contribution is 5.92. The number of ether oxygens (including phenoxy) is 6. The molecule has 0 spiro atoms. The number of hydrogen-bond donors (Lipinski definition) is 4. The lowest BCUT2D eigenvalue weighted by molar-refractivity contribution is -0.133. The van der Waals surface area contributed by atoms with Gasteiger partial charge in [0.25, 0.3) is 0 Å². The monoisotopic (exact) mass is 626 g/mol. The van der Waals surface area contributed by atoms with Crippen LogP contribution >= 0.6 is 0 Å². The van der Waals surface area contributed by atoms with E-state index in [1.54, 1.807) is 0 Å². The molecule has 1 aliphatic heterocycles. The summed E-state index contributed by atoms with van der Waals surface area (Å²) in [4.78, 5) is 60.1. The highest BCUT2D eigenvalue weighted by atomic mass is 16.6. The number of aromatic hydroxyl groups is 4. The number of hydrogen-bond acceptors (Lipinski definition) is 15. The van der Waals surface area contributed by atoms with Crippen LogP contribution in [0.25, 0.3) is 0 Å². The second-order valence-electron chi connectivity index (χ2n) is 9.69. The van der Waals surface area contributed by atoms with Gasteiger partial charge in [-0.15, -0.1) is 0 Å². The fourth-order valence-electron chi connectivity index (χ4n) is 4.44. The number of rotatable bonds is 7. The van der Waals surface area contributed by atoms with Crippen molar-refractivity contribution in [2.45, 2.75) is 46.3 Å². The molecule has 15 heteroatoms. The Labute approximate surface area is 254 Å². The molecule has 3 aromatic carbocycles. The van der Waals surface area contributed by atoms with Crippen molar-refractivity contribution in [2.24, 2.45) is 0 Å². The average molecular weight is 627 g/mol. The summed E-state index contributed by atoms with van der Waals surface area (Å²) in [6.07, 6.45) is -2.86. The van der Waals surface area contributed by atoms with E-state index in [2.05, 4.69) is 0 Å². The van der Waals surface area contributed by atoms with Crippen LogP contribution in [-0.4, -0.2) is 56.4 Å². The van der Waals surface area contributed by atoms with Crippen molar-refractivity contribution in [1.82, 2.24) is 0 Å². The third-order valence-corrected chi connectivity index (χ3v) is 6.11. The molecule has 0 aliphatic carbocycles. The summed E-state index contributed by atoms with van der Waals surface area (Å²) in [7, 11) is 0. The maximum Gasteiger partial charge on any atom is 0.338 e. The van der Waals surface area contributed by atoms with E-state index in [9.17, 15) is 44.4 Å². The Morgan fingerprint density at radius 3 is 1.56 bits per heavy atom. The van der Waals surface area contributed by atoms with Crippen LogP contribution in [0.4, 0.5) is 0 Å². The molecule has 4 rings (SSSR count). The van der Waals surface area contributed by atoms with E-state index < -0.39 is 82.3 Å². The molecule has 0 radical (unpaired) electrons. The van der Waals surface area contributed by atoms with Crippen molar-refractivity contribution >= 4 is 29.8 Å². The van der Waals surface area contributed by atoms with Gasteiger partial charge in [-0.3, -0.25) is 19.2 Å². The van der Waals surface area contributed by atoms with Crippen LogP contribution in [0.1, 0.15) is 55.3 Å². The second kappa shape index (κ2) is 12.7. The maximum absolute atomic E-state index is 13.5. The Morgan fingerprint density at radius 2 is 1.11 bits per heavy atom. The second-order valence-corrected chi connectivity index (χ2v) is 9.69. The van der Waals surface area contributed by atoms with Crippen LogP contribution < -0.4 is 23.7 Å². The van der Waals surface area contributed by atoms with Gasteiger partial charge >= 0.3 is 29.8 Å². The Bertz CT molecular complexity index is 1650. The summed E-state index contributed by atoms with van der Waals surface area (Å²) in [5.74, 6) is -8.56. The molecule has 45 heavy (non-hydrogen) atoms. The van der Waals surface area contributed by atoms with Crippen molar-refractivity contribution in [3.8, 4) is 51.7 Å². The van der Waals surface area contributed by atoms with Crippen molar-refractivity contribution in [3.63, 3.8) is 0 Å². The van der Waals surface area contributed by atoms with E-state index in [-0.39, 0.29) is 34.6 Å². The molecular formula is C30H26O15. The molecule has 0 bridgehead atoms. The Balaban J connectivity index is 1.82. The third kappa shape index (κ3) is 7.33. The fraction of sp³-hybridized carbons (Fsp3) is 0.233. The van der Waals surface area contributed by atoms with Crippen LogP contribution in [-0.2, 0) is 30.3 Å². The first kappa shape index (κ1) is 31.9. The molecule has 0 saturated carbocycles. The highest BCUT2D eigenvalue weighted by Gasteiger charge is 2.38. The molecule has 15 nitrogen and oxygen atoms in total. The van der Waals surface area contributed by atoms with Gasteiger partial charge < -0.3 is 48.8 Å². The first-order valence-electron chi connectivity index (χ1n) is 13.0. The number of benzene rings is 3. The number of fused-ring (bicyclic) bond motifs is 1. The lowest BCUT2D eigenvalue weighted by Gasteiger charge is -2.34. The Kier molecular flexibility index (Phi) is 9.02. The van der Waals surface area contributed by atoms with Gasteiger partial charge in [-0.1, -0.05) is 0 Å².